The van der Waals surface area contributed by atoms with Crippen LogP contribution in [0.1, 0.15) is 5.56 Å². The third kappa shape index (κ3) is 2.18. The summed E-state index contributed by atoms with van der Waals surface area (Å²) in [6.45, 7) is 0.522. The fourth-order valence-electron chi connectivity index (χ4n) is 2.18. The van der Waals surface area contributed by atoms with Crippen LogP contribution in [0.15, 0.2) is 48.8 Å². The Morgan fingerprint density at radius 1 is 1.16 bits per heavy atom. The molecule has 1 aromatic heterocycles. The lowest BCUT2D eigenvalue weighted by molar-refractivity contribution is 0.487. The third-order valence-corrected chi connectivity index (χ3v) is 3.10. The predicted octanol–water partition coefficient (Wildman–Crippen LogP) is 2.82. The molecule has 0 unspecified atom stereocenters. The summed E-state index contributed by atoms with van der Waals surface area (Å²) in [5.74, 6) is 1.55. The van der Waals surface area contributed by atoms with Gasteiger partial charge in [0.25, 0.3) is 0 Å². The molecule has 4 heteroatoms. The van der Waals surface area contributed by atoms with E-state index in [-0.39, 0.29) is 0 Å². The normalized spacial score (nSPS) is 10.8. The van der Waals surface area contributed by atoms with Gasteiger partial charge in [0.1, 0.15) is 5.75 Å². The number of fused-ring (bicyclic) bond motifs is 1. The van der Waals surface area contributed by atoms with Crippen molar-refractivity contribution in [1.29, 1.82) is 0 Å². The van der Waals surface area contributed by atoms with E-state index in [1.807, 2.05) is 43.6 Å². The van der Waals surface area contributed by atoms with E-state index in [2.05, 4.69) is 11.2 Å². The average molecular weight is 253 g/mol. The first-order valence-corrected chi connectivity index (χ1v) is 6.15. The van der Waals surface area contributed by atoms with Crippen molar-refractivity contribution in [3.63, 3.8) is 0 Å². The molecule has 0 aliphatic carbocycles. The molecule has 3 rings (SSSR count). The largest absolute Gasteiger partial charge is 0.453 e. The van der Waals surface area contributed by atoms with Crippen molar-refractivity contribution in [1.82, 2.24) is 9.78 Å². The van der Waals surface area contributed by atoms with Gasteiger partial charge in [0, 0.05) is 19.0 Å². The minimum absolute atomic E-state index is 0.522. The molecule has 3 aromatic rings. The average Bonchev–Trinajstić information content (AvgIpc) is 2.85. The number of aryl methyl sites for hydroxylation is 1. The number of aromatic nitrogens is 2. The van der Waals surface area contributed by atoms with Crippen molar-refractivity contribution >= 4 is 10.8 Å². The summed E-state index contributed by atoms with van der Waals surface area (Å²) in [7, 11) is 1.86. The summed E-state index contributed by atoms with van der Waals surface area (Å²) in [5, 5.41) is 6.29. The third-order valence-electron chi connectivity index (χ3n) is 3.10. The van der Waals surface area contributed by atoms with Gasteiger partial charge in [-0.25, -0.2) is 0 Å². The lowest BCUT2D eigenvalue weighted by Gasteiger charge is -2.10. The van der Waals surface area contributed by atoms with E-state index in [1.165, 1.54) is 0 Å². The molecule has 0 atom stereocenters. The molecule has 0 aliphatic heterocycles. The monoisotopic (exact) mass is 253 g/mol. The van der Waals surface area contributed by atoms with Gasteiger partial charge in [-0.2, -0.15) is 5.10 Å². The highest BCUT2D eigenvalue weighted by molar-refractivity contribution is 5.91. The molecule has 2 N–H and O–H groups in total. The van der Waals surface area contributed by atoms with Gasteiger partial charge in [-0.1, -0.05) is 30.3 Å². The maximum Gasteiger partial charge on any atom is 0.165 e. The summed E-state index contributed by atoms with van der Waals surface area (Å²) in [6, 6.07) is 12.1. The van der Waals surface area contributed by atoms with Crippen molar-refractivity contribution < 1.29 is 4.74 Å². The molecule has 96 valence electrons. The number of nitrogens with zero attached hydrogens (tertiary/aromatic N) is 2. The van der Waals surface area contributed by atoms with E-state index in [1.54, 1.807) is 10.9 Å². The van der Waals surface area contributed by atoms with E-state index in [4.69, 9.17) is 10.5 Å². The molecule has 2 aromatic carbocycles. The lowest BCUT2D eigenvalue weighted by atomic mass is 10.0. The van der Waals surface area contributed by atoms with Crippen LogP contribution in [-0.4, -0.2) is 9.78 Å². The Hall–Kier alpha value is -2.33. The SMILES string of the molecule is Cn1cc(Oc2ccc(CN)c3ccccc23)cn1. The quantitative estimate of drug-likeness (QED) is 0.781. The highest BCUT2D eigenvalue weighted by Gasteiger charge is 2.07. The number of benzene rings is 2. The molecule has 0 aliphatic rings. The Morgan fingerprint density at radius 2 is 1.95 bits per heavy atom. The Morgan fingerprint density at radius 3 is 2.63 bits per heavy atom. The summed E-state index contributed by atoms with van der Waals surface area (Å²) in [5.41, 5.74) is 6.89. The first kappa shape index (κ1) is 11.7. The lowest BCUT2D eigenvalue weighted by Crippen LogP contribution is -1.97. The standard InChI is InChI=1S/C15H15N3O/c1-18-10-12(9-17-18)19-15-7-6-11(8-16)13-4-2-3-5-14(13)15/h2-7,9-10H,8,16H2,1H3. The molecular formula is C15H15N3O. The second-order valence-electron chi connectivity index (χ2n) is 4.42. The molecule has 0 fully saturated rings. The molecule has 0 saturated carbocycles. The number of nitrogens with two attached hydrogens (primary N) is 1. The van der Waals surface area contributed by atoms with Gasteiger partial charge >= 0.3 is 0 Å². The maximum absolute atomic E-state index is 5.89. The van der Waals surface area contributed by atoms with Gasteiger partial charge in [-0.05, 0) is 17.0 Å². The van der Waals surface area contributed by atoms with E-state index >= 15 is 0 Å². The minimum Gasteiger partial charge on any atom is -0.453 e. The van der Waals surface area contributed by atoms with Gasteiger partial charge in [-0.3, -0.25) is 4.68 Å². The topological polar surface area (TPSA) is 53.1 Å². The second kappa shape index (κ2) is 4.74. The van der Waals surface area contributed by atoms with Gasteiger partial charge in [0.15, 0.2) is 5.75 Å². The van der Waals surface area contributed by atoms with Gasteiger partial charge < -0.3 is 10.5 Å². The Balaban J connectivity index is 2.09. The minimum atomic E-state index is 0.522. The first-order valence-electron chi connectivity index (χ1n) is 6.15. The Kier molecular flexibility index (Phi) is 2.93. The molecule has 19 heavy (non-hydrogen) atoms. The maximum atomic E-state index is 5.89. The summed E-state index contributed by atoms with van der Waals surface area (Å²) in [4.78, 5) is 0. The molecule has 0 spiro atoms. The number of hydrogen-bond donors (Lipinski definition) is 1. The molecule has 0 amide bonds. The zero-order valence-corrected chi connectivity index (χ0v) is 10.7. The van der Waals surface area contributed by atoms with E-state index in [0.29, 0.717) is 6.54 Å². The highest BCUT2D eigenvalue weighted by atomic mass is 16.5. The zero-order valence-electron chi connectivity index (χ0n) is 10.7. The van der Waals surface area contributed by atoms with Crippen molar-refractivity contribution in [2.75, 3.05) is 0 Å². The molecule has 4 nitrogen and oxygen atoms in total. The van der Waals surface area contributed by atoms with Gasteiger partial charge in [0.05, 0.1) is 12.4 Å². The van der Waals surface area contributed by atoms with Crippen molar-refractivity contribution in [2.45, 2.75) is 6.54 Å². The van der Waals surface area contributed by atoms with Crippen LogP contribution >= 0.6 is 0 Å². The van der Waals surface area contributed by atoms with E-state index in [0.717, 1.165) is 27.8 Å². The smallest absolute Gasteiger partial charge is 0.165 e. The van der Waals surface area contributed by atoms with Crippen molar-refractivity contribution in [3.05, 3.63) is 54.4 Å². The molecule has 0 radical (unpaired) electrons. The molecule has 0 bridgehead atoms. The molecular weight excluding hydrogens is 238 g/mol. The molecule has 1 heterocycles. The van der Waals surface area contributed by atoms with E-state index < -0.39 is 0 Å². The molecule has 0 saturated heterocycles. The number of hydrogen-bond acceptors (Lipinski definition) is 3. The predicted molar refractivity (Wildman–Crippen MR) is 75.1 cm³/mol. The number of ether oxygens (including phenoxy) is 1. The summed E-state index contributed by atoms with van der Waals surface area (Å²) >= 11 is 0. The second-order valence-corrected chi connectivity index (χ2v) is 4.42. The van der Waals surface area contributed by atoms with Crippen molar-refractivity contribution in [3.8, 4) is 11.5 Å². The fourth-order valence-corrected chi connectivity index (χ4v) is 2.18. The zero-order chi connectivity index (χ0) is 13.2. The van der Waals surface area contributed by atoms with Crippen LogP contribution in [0.25, 0.3) is 10.8 Å². The summed E-state index contributed by atoms with van der Waals surface area (Å²) in [6.07, 6.45) is 3.54. The van der Waals surface area contributed by atoms with Gasteiger partial charge in [-0.15, -0.1) is 0 Å². The Labute approximate surface area is 111 Å². The fraction of sp³-hybridized carbons (Fsp3) is 0.133. The van der Waals surface area contributed by atoms with Gasteiger partial charge in [0.2, 0.25) is 0 Å². The first-order chi connectivity index (χ1) is 9.28. The number of rotatable bonds is 3. The van der Waals surface area contributed by atoms with Crippen LogP contribution in [-0.2, 0) is 13.6 Å². The van der Waals surface area contributed by atoms with Crippen LogP contribution in [0.4, 0.5) is 0 Å². The van der Waals surface area contributed by atoms with Crippen LogP contribution in [0.5, 0.6) is 11.5 Å². The van der Waals surface area contributed by atoms with Crippen LogP contribution < -0.4 is 10.5 Å². The van der Waals surface area contributed by atoms with E-state index in [9.17, 15) is 0 Å². The van der Waals surface area contributed by atoms with Crippen LogP contribution in [0.2, 0.25) is 0 Å². The van der Waals surface area contributed by atoms with Crippen LogP contribution in [0, 0.1) is 0 Å². The Bertz CT molecular complexity index is 718. The van der Waals surface area contributed by atoms with Crippen molar-refractivity contribution in [2.24, 2.45) is 12.8 Å². The summed E-state index contributed by atoms with van der Waals surface area (Å²) < 4.78 is 7.60. The highest BCUT2D eigenvalue weighted by Crippen LogP contribution is 2.31. The van der Waals surface area contributed by atoms with Crippen LogP contribution in [0.3, 0.4) is 0 Å².